The number of aliphatic hydroxyl groups is 1. The number of rotatable bonds is 8. The van der Waals surface area contributed by atoms with Crippen LogP contribution in [0.3, 0.4) is 0 Å². The molecule has 0 saturated heterocycles. The molecule has 0 unspecified atom stereocenters. The molecule has 2 N–H and O–H groups in total. The number of anilines is 2. The number of aryl methyl sites for hydroxylation is 1. The number of nitrogens with one attached hydrogen (secondary N) is 1. The van der Waals surface area contributed by atoms with Gasteiger partial charge in [-0.15, -0.1) is 0 Å². The molecule has 1 aliphatic carbocycles. The zero-order valence-corrected chi connectivity index (χ0v) is 19.1. The van der Waals surface area contributed by atoms with Gasteiger partial charge in [0.2, 0.25) is 0 Å². The molecule has 9 nitrogen and oxygen atoms in total. The molecule has 5 rings (SSSR count). The van der Waals surface area contributed by atoms with Crippen LogP contribution in [0.4, 0.5) is 11.4 Å². The van der Waals surface area contributed by atoms with Gasteiger partial charge in [0.1, 0.15) is 17.5 Å². The fourth-order valence-electron chi connectivity index (χ4n) is 3.77. The average Bonchev–Trinajstić information content (AvgIpc) is 3.36. The lowest BCUT2D eigenvalue weighted by atomic mass is 10.2. The molecular formula is C23H24N6O3S. The zero-order valence-electron chi connectivity index (χ0n) is 18.3. The Kier molecular flexibility index (Phi) is 5.69. The third kappa shape index (κ3) is 4.27. The van der Waals surface area contributed by atoms with Crippen molar-refractivity contribution in [2.75, 3.05) is 19.0 Å². The second kappa shape index (κ2) is 8.80. The Balaban J connectivity index is 1.53. The van der Waals surface area contributed by atoms with Crippen LogP contribution in [0.15, 0.2) is 53.8 Å². The predicted octanol–water partition coefficient (Wildman–Crippen LogP) is 3.41. The molecule has 3 heterocycles. The minimum Gasteiger partial charge on any atom is -0.494 e. The Bertz CT molecular complexity index is 1330. The van der Waals surface area contributed by atoms with Crippen molar-refractivity contribution in [1.82, 2.24) is 23.7 Å². The fourth-order valence-corrected chi connectivity index (χ4v) is 4.43. The van der Waals surface area contributed by atoms with Crippen molar-refractivity contribution in [2.45, 2.75) is 31.7 Å². The van der Waals surface area contributed by atoms with Crippen molar-refractivity contribution in [2.24, 2.45) is 0 Å². The molecule has 1 saturated carbocycles. The molecule has 1 fully saturated rings. The van der Waals surface area contributed by atoms with E-state index in [1.807, 2.05) is 42.0 Å². The van der Waals surface area contributed by atoms with Gasteiger partial charge < -0.3 is 19.7 Å². The summed E-state index contributed by atoms with van der Waals surface area (Å²) < 4.78 is 13.0. The lowest BCUT2D eigenvalue weighted by Gasteiger charge is -2.18. The average molecular weight is 465 g/mol. The minimum absolute atomic E-state index is 0.241. The van der Waals surface area contributed by atoms with Crippen molar-refractivity contribution in [3.05, 3.63) is 75.7 Å². The number of ether oxygens (including phenoxy) is 1. The maximum Gasteiger partial charge on any atom is 0.291 e. The highest BCUT2D eigenvalue weighted by molar-refractivity contribution is 7.05. The Morgan fingerprint density at radius 3 is 2.79 bits per heavy atom. The van der Waals surface area contributed by atoms with Crippen LogP contribution in [0.2, 0.25) is 0 Å². The highest BCUT2D eigenvalue weighted by Gasteiger charge is 2.29. The number of methoxy groups -OCH3 is 1. The van der Waals surface area contributed by atoms with Gasteiger partial charge in [-0.25, -0.2) is 14.0 Å². The fraction of sp³-hybridized carbons (Fsp3) is 0.304. The SMILES string of the molecule is COc1cc(Nc2cc(C3CC3)nn([C@@H](CO)c3ccns3)c2=O)ccc1-n1cnc(C)c1. The topological polar surface area (TPSA) is 107 Å². The molecule has 10 heteroatoms. The number of hydrogen-bond acceptors (Lipinski definition) is 8. The van der Waals surface area contributed by atoms with Crippen LogP contribution in [0.5, 0.6) is 5.75 Å². The molecule has 0 bridgehead atoms. The standard InChI is InChI=1S/C23H24N6O3S/c1-14-11-28(13-24-14)19-6-5-16(9-21(19)32-2)26-18-10-17(15-3-4-15)27-29(23(18)31)20(12-30)22-7-8-25-33-22/h5-11,13,15,20,26,30H,3-4,12H2,1-2H3/t20-/m0/s1. The third-order valence-corrected chi connectivity index (χ3v) is 6.50. The van der Waals surface area contributed by atoms with Crippen LogP contribution >= 0.6 is 11.5 Å². The van der Waals surface area contributed by atoms with E-state index in [-0.39, 0.29) is 12.2 Å². The van der Waals surface area contributed by atoms with E-state index in [0.717, 1.165) is 34.8 Å². The molecule has 3 aromatic heterocycles. The van der Waals surface area contributed by atoms with Crippen molar-refractivity contribution in [1.29, 1.82) is 0 Å². The van der Waals surface area contributed by atoms with Gasteiger partial charge in [0.05, 0.1) is 42.0 Å². The van der Waals surface area contributed by atoms with Crippen LogP contribution in [-0.2, 0) is 0 Å². The van der Waals surface area contributed by atoms with Gasteiger partial charge in [-0.05, 0) is 55.6 Å². The lowest BCUT2D eigenvalue weighted by Crippen LogP contribution is -2.31. The Labute approximate surface area is 194 Å². The lowest BCUT2D eigenvalue weighted by molar-refractivity contribution is 0.238. The number of aromatic nitrogens is 5. The summed E-state index contributed by atoms with van der Waals surface area (Å²) in [5.74, 6) is 0.978. The Morgan fingerprint density at radius 2 is 2.15 bits per heavy atom. The molecule has 0 amide bonds. The van der Waals surface area contributed by atoms with Crippen molar-refractivity contribution in [3.8, 4) is 11.4 Å². The van der Waals surface area contributed by atoms with Crippen LogP contribution in [0, 0.1) is 6.92 Å². The van der Waals surface area contributed by atoms with Gasteiger partial charge in [-0.2, -0.15) is 5.10 Å². The summed E-state index contributed by atoms with van der Waals surface area (Å²) in [5.41, 5.74) is 3.41. The zero-order chi connectivity index (χ0) is 22.9. The van der Waals surface area contributed by atoms with E-state index in [9.17, 15) is 9.90 Å². The molecule has 4 aromatic rings. The summed E-state index contributed by atoms with van der Waals surface area (Å²) in [5, 5.41) is 17.9. The summed E-state index contributed by atoms with van der Waals surface area (Å²) in [6.07, 6.45) is 7.40. The maximum atomic E-state index is 13.4. The minimum atomic E-state index is -0.578. The van der Waals surface area contributed by atoms with E-state index < -0.39 is 6.04 Å². The van der Waals surface area contributed by atoms with E-state index >= 15 is 0 Å². The monoisotopic (exact) mass is 464 g/mol. The predicted molar refractivity (Wildman–Crippen MR) is 126 cm³/mol. The number of aliphatic hydroxyl groups excluding tert-OH is 1. The van der Waals surface area contributed by atoms with Crippen LogP contribution in [0.25, 0.3) is 5.69 Å². The van der Waals surface area contributed by atoms with Crippen LogP contribution in [0.1, 0.15) is 41.1 Å². The maximum absolute atomic E-state index is 13.4. The first-order valence-electron chi connectivity index (χ1n) is 10.7. The first-order chi connectivity index (χ1) is 16.1. The van der Waals surface area contributed by atoms with Gasteiger partial charge in [0.15, 0.2) is 0 Å². The van der Waals surface area contributed by atoms with Gasteiger partial charge in [0.25, 0.3) is 5.56 Å². The molecular weight excluding hydrogens is 440 g/mol. The van der Waals surface area contributed by atoms with Crippen molar-refractivity contribution < 1.29 is 9.84 Å². The molecule has 170 valence electrons. The van der Waals surface area contributed by atoms with Gasteiger partial charge in [0, 0.05) is 30.1 Å². The second-order valence-electron chi connectivity index (χ2n) is 8.05. The third-order valence-electron chi connectivity index (χ3n) is 5.65. The quantitative estimate of drug-likeness (QED) is 0.411. The van der Waals surface area contributed by atoms with E-state index in [1.165, 1.54) is 16.2 Å². The number of benzene rings is 1. The summed E-state index contributed by atoms with van der Waals surface area (Å²) >= 11 is 1.25. The van der Waals surface area contributed by atoms with Crippen molar-refractivity contribution in [3.63, 3.8) is 0 Å². The highest BCUT2D eigenvalue weighted by Crippen LogP contribution is 2.39. The van der Waals surface area contributed by atoms with Crippen LogP contribution < -0.4 is 15.6 Å². The van der Waals surface area contributed by atoms with E-state index in [1.54, 1.807) is 25.7 Å². The smallest absolute Gasteiger partial charge is 0.291 e. The van der Waals surface area contributed by atoms with E-state index in [2.05, 4.69) is 19.8 Å². The van der Waals surface area contributed by atoms with Gasteiger partial charge >= 0.3 is 0 Å². The largest absolute Gasteiger partial charge is 0.494 e. The van der Waals surface area contributed by atoms with E-state index in [0.29, 0.717) is 23.0 Å². The number of hydrogen-bond donors (Lipinski definition) is 2. The molecule has 0 spiro atoms. The highest BCUT2D eigenvalue weighted by atomic mass is 32.1. The first kappa shape index (κ1) is 21.4. The second-order valence-corrected chi connectivity index (χ2v) is 8.92. The Morgan fingerprint density at radius 1 is 1.30 bits per heavy atom. The number of imidazole rings is 1. The van der Waals surface area contributed by atoms with E-state index in [4.69, 9.17) is 4.74 Å². The molecule has 1 aromatic carbocycles. The van der Waals surface area contributed by atoms with Gasteiger partial charge in [-0.1, -0.05) is 0 Å². The normalized spacial score (nSPS) is 14.3. The first-order valence-corrected chi connectivity index (χ1v) is 11.5. The molecule has 0 radical (unpaired) electrons. The van der Waals surface area contributed by atoms with Crippen LogP contribution in [-0.4, -0.2) is 42.5 Å². The molecule has 0 aliphatic heterocycles. The van der Waals surface area contributed by atoms with Crippen molar-refractivity contribution >= 4 is 22.9 Å². The molecule has 1 aliphatic rings. The Hall–Kier alpha value is -3.50. The summed E-state index contributed by atoms with van der Waals surface area (Å²) in [6.45, 7) is 1.69. The summed E-state index contributed by atoms with van der Waals surface area (Å²) in [6, 6.07) is 8.69. The summed E-state index contributed by atoms with van der Waals surface area (Å²) in [7, 11) is 1.61. The van der Waals surface area contributed by atoms with Gasteiger partial charge in [-0.3, -0.25) is 4.79 Å². The molecule has 33 heavy (non-hydrogen) atoms. The number of nitrogens with zero attached hydrogens (tertiary/aromatic N) is 5. The summed E-state index contributed by atoms with van der Waals surface area (Å²) in [4.78, 5) is 18.4. The molecule has 1 atom stereocenters.